The third-order valence-corrected chi connectivity index (χ3v) is 3.29. The first kappa shape index (κ1) is 12.2. The Morgan fingerprint density at radius 1 is 1.59 bits per heavy atom. The molecule has 0 spiro atoms. The van der Waals surface area contributed by atoms with Gasteiger partial charge in [-0.15, -0.1) is 0 Å². The summed E-state index contributed by atoms with van der Waals surface area (Å²) in [5, 5.41) is 3.08. The van der Waals surface area contributed by atoms with Gasteiger partial charge in [-0.05, 0) is 24.8 Å². The molecule has 1 aromatic heterocycles. The van der Waals surface area contributed by atoms with Crippen LogP contribution in [-0.2, 0) is 4.74 Å². The van der Waals surface area contributed by atoms with Crippen LogP contribution in [0.2, 0.25) is 0 Å². The van der Waals surface area contributed by atoms with E-state index in [4.69, 9.17) is 4.74 Å². The van der Waals surface area contributed by atoms with E-state index in [1.54, 1.807) is 7.11 Å². The van der Waals surface area contributed by atoms with Crippen LogP contribution >= 0.6 is 0 Å². The van der Waals surface area contributed by atoms with Crippen molar-refractivity contribution in [3.05, 3.63) is 18.3 Å². The van der Waals surface area contributed by atoms with E-state index in [0.717, 1.165) is 25.5 Å². The minimum absolute atomic E-state index is 0.653. The number of anilines is 2. The van der Waals surface area contributed by atoms with Crippen LogP contribution in [0.4, 0.5) is 11.5 Å². The van der Waals surface area contributed by atoms with E-state index in [0.29, 0.717) is 5.92 Å². The molecule has 4 nitrogen and oxygen atoms in total. The van der Waals surface area contributed by atoms with Gasteiger partial charge in [-0.2, -0.15) is 0 Å². The summed E-state index contributed by atoms with van der Waals surface area (Å²) < 4.78 is 5.26. The zero-order valence-electron chi connectivity index (χ0n) is 10.6. The molecule has 1 atom stereocenters. The molecule has 0 aliphatic carbocycles. The number of ether oxygens (including phenoxy) is 1. The Morgan fingerprint density at radius 2 is 2.47 bits per heavy atom. The minimum Gasteiger partial charge on any atom is -0.384 e. The van der Waals surface area contributed by atoms with Gasteiger partial charge in [0.1, 0.15) is 5.82 Å². The zero-order valence-corrected chi connectivity index (χ0v) is 10.6. The number of piperidine rings is 1. The number of pyridine rings is 1. The highest BCUT2D eigenvalue weighted by Gasteiger charge is 2.20. The molecule has 1 saturated heterocycles. The molecule has 1 aliphatic heterocycles. The van der Waals surface area contributed by atoms with Crippen molar-refractivity contribution < 1.29 is 4.74 Å². The van der Waals surface area contributed by atoms with Gasteiger partial charge in [-0.25, -0.2) is 4.98 Å². The van der Waals surface area contributed by atoms with E-state index < -0.39 is 0 Å². The third-order valence-electron chi connectivity index (χ3n) is 3.29. The number of nitrogens with one attached hydrogen (secondary N) is 1. The Kier molecular flexibility index (Phi) is 4.20. The third kappa shape index (κ3) is 3.09. The van der Waals surface area contributed by atoms with E-state index in [-0.39, 0.29) is 0 Å². The number of hydrogen-bond donors (Lipinski definition) is 1. The second-order valence-corrected chi connectivity index (χ2v) is 4.56. The van der Waals surface area contributed by atoms with E-state index in [9.17, 15) is 0 Å². The van der Waals surface area contributed by atoms with Crippen molar-refractivity contribution in [2.45, 2.75) is 12.8 Å². The SMILES string of the molecule is CNc1cc(N2CCCC(COC)C2)ccn1. The molecule has 4 heteroatoms. The lowest BCUT2D eigenvalue weighted by atomic mass is 9.98. The van der Waals surface area contributed by atoms with Crippen molar-refractivity contribution >= 4 is 11.5 Å². The molecule has 1 N–H and O–H groups in total. The van der Waals surface area contributed by atoms with Crippen molar-refractivity contribution in [2.24, 2.45) is 5.92 Å². The van der Waals surface area contributed by atoms with Gasteiger partial charge >= 0.3 is 0 Å². The molecule has 1 aromatic rings. The van der Waals surface area contributed by atoms with Gasteiger partial charge in [0, 0.05) is 45.2 Å². The summed E-state index contributed by atoms with van der Waals surface area (Å²) in [4.78, 5) is 6.67. The lowest BCUT2D eigenvalue weighted by Gasteiger charge is -2.34. The molecule has 2 rings (SSSR count). The average Bonchev–Trinajstić information content (AvgIpc) is 2.40. The second kappa shape index (κ2) is 5.87. The van der Waals surface area contributed by atoms with Crippen LogP contribution in [0.3, 0.4) is 0 Å². The quantitative estimate of drug-likeness (QED) is 0.866. The highest BCUT2D eigenvalue weighted by Crippen LogP contribution is 2.24. The first-order valence-electron chi connectivity index (χ1n) is 6.21. The topological polar surface area (TPSA) is 37.4 Å². The van der Waals surface area contributed by atoms with Crippen LogP contribution in [0.25, 0.3) is 0 Å². The summed E-state index contributed by atoms with van der Waals surface area (Å²) in [5.41, 5.74) is 1.25. The maximum atomic E-state index is 5.26. The van der Waals surface area contributed by atoms with Gasteiger partial charge in [0.15, 0.2) is 0 Å². The molecule has 0 saturated carbocycles. The van der Waals surface area contributed by atoms with Gasteiger partial charge < -0.3 is 15.0 Å². The van der Waals surface area contributed by atoms with Crippen molar-refractivity contribution in [3.63, 3.8) is 0 Å². The van der Waals surface area contributed by atoms with Crippen molar-refractivity contribution in [1.82, 2.24) is 4.98 Å². The van der Waals surface area contributed by atoms with Crippen LogP contribution in [-0.4, -0.2) is 38.8 Å². The summed E-state index contributed by atoms with van der Waals surface area (Å²) in [6.07, 6.45) is 4.38. The number of rotatable bonds is 4. The molecular formula is C13H21N3O. The van der Waals surface area contributed by atoms with Gasteiger partial charge in [-0.1, -0.05) is 0 Å². The molecule has 1 fully saturated rings. The summed E-state index contributed by atoms with van der Waals surface area (Å²) in [7, 11) is 3.68. The van der Waals surface area contributed by atoms with Gasteiger partial charge in [-0.3, -0.25) is 0 Å². The van der Waals surface area contributed by atoms with Crippen molar-refractivity contribution in [2.75, 3.05) is 44.1 Å². The van der Waals surface area contributed by atoms with Crippen LogP contribution in [0.1, 0.15) is 12.8 Å². The molecule has 0 bridgehead atoms. The van der Waals surface area contributed by atoms with Crippen molar-refractivity contribution in [1.29, 1.82) is 0 Å². The highest BCUT2D eigenvalue weighted by molar-refractivity contribution is 5.53. The normalized spacial score (nSPS) is 20.4. The van der Waals surface area contributed by atoms with Crippen molar-refractivity contribution in [3.8, 4) is 0 Å². The first-order valence-corrected chi connectivity index (χ1v) is 6.21. The van der Waals surface area contributed by atoms with Crippen LogP contribution in [0.15, 0.2) is 18.3 Å². The summed E-state index contributed by atoms with van der Waals surface area (Å²) in [6.45, 7) is 3.08. The van der Waals surface area contributed by atoms with E-state index in [1.165, 1.54) is 18.5 Å². The molecular weight excluding hydrogens is 214 g/mol. The lowest BCUT2D eigenvalue weighted by molar-refractivity contribution is 0.143. The number of nitrogens with zero attached hydrogens (tertiary/aromatic N) is 2. The lowest BCUT2D eigenvalue weighted by Crippen LogP contribution is -2.37. The first-order chi connectivity index (χ1) is 8.33. The van der Waals surface area contributed by atoms with E-state index >= 15 is 0 Å². The second-order valence-electron chi connectivity index (χ2n) is 4.56. The van der Waals surface area contributed by atoms with E-state index in [2.05, 4.69) is 27.3 Å². The van der Waals surface area contributed by atoms with Crippen LogP contribution in [0.5, 0.6) is 0 Å². The van der Waals surface area contributed by atoms with Gasteiger partial charge in [0.2, 0.25) is 0 Å². The highest BCUT2D eigenvalue weighted by atomic mass is 16.5. The Morgan fingerprint density at radius 3 is 3.24 bits per heavy atom. The molecule has 17 heavy (non-hydrogen) atoms. The summed E-state index contributed by atoms with van der Waals surface area (Å²) in [6, 6.07) is 4.19. The number of methoxy groups -OCH3 is 1. The zero-order chi connectivity index (χ0) is 12.1. The standard InChI is InChI=1S/C13H21N3O/c1-14-13-8-12(5-6-15-13)16-7-3-4-11(9-16)10-17-2/h5-6,8,11H,3-4,7,9-10H2,1-2H3,(H,14,15). The predicted molar refractivity (Wildman–Crippen MR) is 70.6 cm³/mol. The largest absolute Gasteiger partial charge is 0.384 e. The Bertz CT molecular complexity index is 354. The Hall–Kier alpha value is -1.29. The average molecular weight is 235 g/mol. The van der Waals surface area contributed by atoms with Crippen LogP contribution in [0, 0.1) is 5.92 Å². The minimum atomic E-state index is 0.653. The molecule has 1 aliphatic rings. The Balaban J connectivity index is 2.05. The molecule has 0 radical (unpaired) electrons. The molecule has 0 aromatic carbocycles. The maximum Gasteiger partial charge on any atom is 0.127 e. The molecule has 0 amide bonds. The maximum absolute atomic E-state index is 5.26. The molecule has 2 heterocycles. The predicted octanol–water partition coefficient (Wildman–Crippen LogP) is 1.99. The fourth-order valence-electron chi connectivity index (χ4n) is 2.42. The fourth-order valence-corrected chi connectivity index (χ4v) is 2.42. The van der Waals surface area contributed by atoms with E-state index in [1.807, 2.05) is 13.2 Å². The monoisotopic (exact) mass is 235 g/mol. The number of aromatic nitrogens is 1. The number of hydrogen-bond acceptors (Lipinski definition) is 4. The smallest absolute Gasteiger partial charge is 0.127 e. The summed E-state index contributed by atoms with van der Waals surface area (Å²) >= 11 is 0. The van der Waals surface area contributed by atoms with Gasteiger partial charge in [0.05, 0.1) is 6.61 Å². The summed E-state index contributed by atoms with van der Waals surface area (Å²) in [5.74, 6) is 1.58. The van der Waals surface area contributed by atoms with Crippen LogP contribution < -0.4 is 10.2 Å². The molecule has 1 unspecified atom stereocenters. The molecule has 94 valence electrons. The fraction of sp³-hybridized carbons (Fsp3) is 0.615. The van der Waals surface area contributed by atoms with Gasteiger partial charge in [0.25, 0.3) is 0 Å². The Labute approximate surface area is 103 Å².